The van der Waals surface area contributed by atoms with E-state index in [4.69, 9.17) is 4.52 Å². The molecule has 36 heavy (non-hydrogen) atoms. The van der Waals surface area contributed by atoms with Crippen molar-refractivity contribution in [3.05, 3.63) is 28.1 Å². The van der Waals surface area contributed by atoms with Crippen molar-refractivity contribution >= 4 is 17.2 Å². The highest BCUT2D eigenvalue weighted by molar-refractivity contribution is 7.16. The van der Waals surface area contributed by atoms with Crippen LogP contribution >= 0.6 is 11.3 Å². The Bertz CT molecular complexity index is 1350. The number of hydrogen-bond acceptors (Lipinski definition) is 7. The molecule has 3 aromatic rings. The van der Waals surface area contributed by atoms with Crippen molar-refractivity contribution in [1.82, 2.24) is 19.8 Å². The molecule has 0 bridgehead atoms. The van der Waals surface area contributed by atoms with Gasteiger partial charge in [0.15, 0.2) is 5.76 Å². The van der Waals surface area contributed by atoms with Crippen LogP contribution in [0, 0.1) is 18.3 Å². The Morgan fingerprint density at radius 3 is 2.58 bits per heavy atom. The predicted octanol–water partition coefficient (Wildman–Crippen LogP) is 5.09. The second kappa shape index (κ2) is 8.84. The summed E-state index contributed by atoms with van der Waals surface area (Å²) in [5.41, 5.74) is 0.167. The van der Waals surface area contributed by atoms with E-state index in [1.54, 1.807) is 11.9 Å². The summed E-state index contributed by atoms with van der Waals surface area (Å²) in [5, 5.41) is 16.9. The smallest absolute Gasteiger partial charge is 0.410 e. The zero-order valence-electron chi connectivity index (χ0n) is 18.9. The molecule has 1 saturated carbocycles. The molecule has 1 unspecified atom stereocenters. The normalized spacial score (nSPS) is 15.0. The van der Waals surface area contributed by atoms with E-state index in [0.717, 1.165) is 28.9 Å². The molecule has 0 aliphatic heterocycles. The van der Waals surface area contributed by atoms with Gasteiger partial charge in [0.25, 0.3) is 12.1 Å². The Morgan fingerprint density at radius 1 is 1.33 bits per heavy atom. The van der Waals surface area contributed by atoms with Crippen molar-refractivity contribution in [2.45, 2.75) is 44.3 Å². The fourth-order valence-electron chi connectivity index (χ4n) is 3.51. The number of halogens is 6. The van der Waals surface area contributed by atoms with Crippen LogP contribution in [0.25, 0.3) is 22.0 Å². The average Bonchev–Trinajstić information content (AvgIpc) is 3.27. The van der Waals surface area contributed by atoms with Gasteiger partial charge in [0, 0.05) is 31.8 Å². The van der Waals surface area contributed by atoms with E-state index in [0.29, 0.717) is 4.88 Å². The van der Waals surface area contributed by atoms with E-state index < -0.39 is 24.3 Å². The van der Waals surface area contributed by atoms with Crippen LogP contribution in [0.3, 0.4) is 0 Å². The zero-order valence-corrected chi connectivity index (χ0v) is 19.7. The van der Waals surface area contributed by atoms with Crippen molar-refractivity contribution in [2.75, 3.05) is 7.05 Å². The quantitative estimate of drug-likeness (QED) is 0.393. The lowest BCUT2D eigenvalue weighted by Crippen LogP contribution is -2.45. The molecule has 192 valence electrons. The van der Waals surface area contributed by atoms with Crippen molar-refractivity contribution in [1.29, 1.82) is 5.26 Å². The molecule has 0 N–H and O–H groups in total. The van der Waals surface area contributed by atoms with Crippen molar-refractivity contribution in [3.8, 4) is 34.0 Å². The summed E-state index contributed by atoms with van der Waals surface area (Å²) in [4.78, 5) is 14.9. The maximum absolute atomic E-state index is 13.7. The zero-order chi connectivity index (χ0) is 26.6. The molecule has 0 aromatic carbocycles. The van der Waals surface area contributed by atoms with E-state index in [9.17, 15) is 36.4 Å². The number of carbonyl (C=O) groups is 1. The number of ether oxygens (including phenoxy) is 1. The third-order valence-electron chi connectivity index (χ3n) is 5.53. The van der Waals surface area contributed by atoms with Crippen LogP contribution in [-0.2, 0) is 7.05 Å². The number of rotatable bonds is 7. The fourth-order valence-corrected chi connectivity index (χ4v) is 4.40. The lowest BCUT2D eigenvalue weighted by Gasteiger charge is -2.22. The van der Waals surface area contributed by atoms with Gasteiger partial charge >= 0.3 is 12.3 Å². The minimum Gasteiger partial charge on any atom is -0.410 e. The number of aromatic nitrogens is 3. The molecule has 0 spiro atoms. The van der Waals surface area contributed by atoms with Crippen molar-refractivity contribution in [2.24, 2.45) is 7.05 Å². The minimum absolute atomic E-state index is 0.0539. The third kappa shape index (κ3) is 4.64. The van der Waals surface area contributed by atoms with E-state index in [-0.39, 0.29) is 45.1 Å². The number of alkyl halides is 6. The van der Waals surface area contributed by atoms with Gasteiger partial charge in [-0.3, -0.25) is 9.48 Å². The van der Waals surface area contributed by atoms with Gasteiger partial charge in [-0.2, -0.15) is 27.2 Å². The van der Waals surface area contributed by atoms with Gasteiger partial charge in [-0.1, -0.05) is 5.16 Å². The van der Waals surface area contributed by atoms with Crippen LogP contribution in [-0.4, -0.2) is 57.3 Å². The van der Waals surface area contributed by atoms with E-state index in [1.165, 1.54) is 26.1 Å². The van der Waals surface area contributed by atoms with Gasteiger partial charge in [-0.15, -0.1) is 16.4 Å². The maximum Gasteiger partial charge on any atom is 0.440 e. The largest absolute Gasteiger partial charge is 0.440 e. The molecule has 1 fully saturated rings. The summed E-state index contributed by atoms with van der Waals surface area (Å²) in [7, 11) is 2.95. The molecule has 0 radical (unpaired) electrons. The van der Waals surface area contributed by atoms with Gasteiger partial charge in [0.05, 0.1) is 16.1 Å². The molecular weight excluding hydrogens is 516 g/mol. The summed E-state index contributed by atoms with van der Waals surface area (Å²) in [6.07, 6.45) is -13.8. The van der Waals surface area contributed by atoms with Gasteiger partial charge in [0.2, 0.25) is 5.88 Å². The highest BCUT2D eigenvalue weighted by Gasteiger charge is 2.59. The van der Waals surface area contributed by atoms with Crippen molar-refractivity contribution < 1.29 is 40.4 Å². The van der Waals surface area contributed by atoms with Crippen LogP contribution in [0.15, 0.2) is 16.7 Å². The Hall–Kier alpha value is -3.54. The SMILES string of the molecule is Cc1c(OC(F)(F)C(F)C(F)(F)F)nn(C)c1-c1cc(-c2cc(C(=O)N(C)C3CC3)c(C#N)s2)on1. The second-order valence-electron chi connectivity index (χ2n) is 8.16. The summed E-state index contributed by atoms with van der Waals surface area (Å²) in [6, 6.07) is 4.97. The Morgan fingerprint density at radius 2 is 2.00 bits per heavy atom. The standard InChI is InChI=1S/C21H17F6N5O3S/c1-9-16(32(3)29-17(9)34-21(26,27)19(22)20(23,24)25)12-7-13(35-30-12)14-6-11(15(8-28)36-14)18(33)31(2)10-4-5-10/h6-7,10,19H,4-5H2,1-3H3. The summed E-state index contributed by atoms with van der Waals surface area (Å²) in [6.45, 7) is 1.23. The number of thiophene rings is 1. The Balaban J connectivity index is 1.62. The highest BCUT2D eigenvalue weighted by atomic mass is 32.1. The summed E-state index contributed by atoms with van der Waals surface area (Å²) in [5.74, 6) is -1.09. The second-order valence-corrected chi connectivity index (χ2v) is 9.21. The topological polar surface area (TPSA) is 97.2 Å². The lowest BCUT2D eigenvalue weighted by atomic mass is 10.1. The van der Waals surface area contributed by atoms with Gasteiger partial charge in [-0.25, -0.2) is 4.39 Å². The average molecular weight is 533 g/mol. The molecule has 4 rings (SSSR count). The summed E-state index contributed by atoms with van der Waals surface area (Å²) >= 11 is 0.989. The van der Waals surface area contributed by atoms with Gasteiger partial charge in [0.1, 0.15) is 16.6 Å². The number of aryl methyl sites for hydroxylation is 1. The molecule has 3 aromatic heterocycles. The van der Waals surface area contributed by atoms with Crippen LogP contribution in [0.2, 0.25) is 0 Å². The first-order valence-corrected chi connectivity index (χ1v) is 11.2. The third-order valence-corrected chi connectivity index (χ3v) is 6.58. The van der Waals surface area contributed by atoms with Crippen LogP contribution in [0.5, 0.6) is 5.88 Å². The first-order chi connectivity index (χ1) is 16.7. The van der Waals surface area contributed by atoms with Crippen LogP contribution in [0.4, 0.5) is 26.3 Å². The molecule has 1 amide bonds. The Kier molecular flexibility index (Phi) is 6.27. The van der Waals surface area contributed by atoms with Crippen LogP contribution in [0.1, 0.15) is 33.6 Å². The molecule has 0 saturated heterocycles. The van der Waals surface area contributed by atoms with E-state index in [1.807, 2.05) is 6.07 Å². The highest BCUT2D eigenvalue weighted by Crippen LogP contribution is 2.40. The first-order valence-electron chi connectivity index (χ1n) is 10.3. The van der Waals surface area contributed by atoms with Gasteiger partial charge in [-0.05, 0) is 25.8 Å². The molecule has 8 nitrogen and oxygen atoms in total. The van der Waals surface area contributed by atoms with Crippen LogP contribution < -0.4 is 4.74 Å². The number of nitriles is 1. The molecule has 3 heterocycles. The number of hydrogen-bond donors (Lipinski definition) is 0. The maximum atomic E-state index is 13.7. The molecule has 1 atom stereocenters. The monoisotopic (exact) mass is 533 g/mol. The number of carbonyl (C=O) groups excluding carboxylic acids is 1. The van der Waals surface area contributed by atoms with Gasteiger partial charge < -0.3 is 14.2 Å². The van der Waals surface area contributed by atoms with E-state index in [2.05, 4.69) is 15.0 Å². The number of amides is 1. The minimum atomic E-state index is -5.84. The lowest BCUT2D eigenvalue weighted by molar-refractivity contribution is -0.305. The number of nitrogens with zero attached hydrogens (tertiary/aromatic N) is 5. The predicted molar refractivity (Wildman–Crippen MR) is 113 cm³/mol. The van der Waals surface area contributed by atoms with E-state index >= 15 is 0 Å². The molecule has 1 aliphatic rings. The fraction of sp³-hybridized carbons (Fsp3) is 0.429. The van der Waals surface area contributed by atoms with Crippen molar-refractivity contribution in [3.63, 3.8) is 0 Å². The summed E-state index contributed by atoms with van der Waals surface area (Å²) < 4.78 is 88.3. The Labute approximate surface area is 203 Å². The molecule has 15 heteroatoms. The molecule has 1 aliphatic carbocycles. The molecular formula is C21H17F6N5O3S. The first kappa shape index (κ1) is 25.5.